The maximum atomic E-state index is 12.2. The molecule has 1 heterocycles. The van der Waals surface area contributed by atoms with Gasteiger partial charge in [-0.1, -0.05) is 25.7 Å². The predicted octanol–water partition coefficient (Wildman–Crippen LogP) is 4.03. The molecule has 0 aromatic carbocycles. The molecule has 0 saturated heterocycles. The van der Waals surface area contributed by atoms with Gasteiger partial charge in [-0.25, -0.2) is 4.79 Å². The van der Waals surface area contributed by atoms with Crippen LogP contribution in [0.25, 0.3) is 0 Å². The van der Waals surface area contributed by atoms with Gasteiger partial charge in [-0.3, -0.25) is 0 Å². The minimum absolute atomic E-state index is 0.260. The number of methoxy groups -OCH3 is 1. The van der Waals surface area contributed by atoms with E-state index in [0.29, 0.717) is 16.7 Å². The molecule has 1 aromatic heterocycles. The third-order valence-electron chi connectivity index (χ3n) is 4.73. The lowest BCUT2D eigenvalue weighted by Gasteiger charge is -2.19. The average Bonchev–Trinajstić information content (AvgIpc) is 2.99. The third kappa shape index (κ3) is 3.86. The Morgan fingerprint density at radius 1 is 1.17 bits per heavy atom. The van der Waals surface area contributed by atoms with Gasteiger partial charge in [0.05, 0.1) is 12.7 Å². The van der Waals surface area contributed by atoms with Crippen molar-refractivity contribution in [1.29, 1.82) is 0 Å². The van der Waals surface area contributed by atoms with Crippen LogP contribution in [0.3, 0.4) is 0 Å². The van der Waals surface area contributed by atoms with Crippen LogP contribution in [0, 0.1) is 0 Å². The van der Waals surface area contributed by atoms with E-state index >= 15 is 0 Å². The molecule has 0 aliphatic heterocycles. The summed E-state index contributed by atoms with van der Waals surface area (Å²) in [6.45, 7) is 0. The Balaban J connectivity index is 1.69. The molecule has 0 radical (unpaired) electrons. The van der Waals surface area contributed by atoms with Crippen molar-refractivity contribution in [2.24, 2.45) is 0 Å². The van der Waals surface area contributed by atoms with Gasteiger partial charge in [-0.05, 0) is 49.9 Å². The van der Waals surface area contributed by atoms with Gasteiger partial charge in [-0.15, -0.1) is 11.3 Å². The molecular weight excluding hydrogens is 328 g/mol. The number of thiophene rings is 1. The van der Waals surface area contributed by atoms with Crippen LogP contribution in [0.1, 0.15) is 65.7 Å². The van der Waals surface area contributed by atoms with Crippen molar-refractivity contribution in [3.8, 4) is 0 Å². The van der Waals surface area contributed by atoms with Crippen LogP contribution in [0.4, 0.5) is 5.00 Å². The van der Waals surface area contributed by atoms with E-state index < -0.39 is 0 Å². The number of rotatable bonds is 3. The van der Waals surface area contributed by atoms with Gasteiger partial charge >= 0.3 is 5.97 Å². The first-order chi connectivity index (χ1) is 11.2. The van der Waals surface area contributed by atoms with E-state index in [1.54, 1.807) is 11.3 Å². The highest BCUT2D eigenvalue weighted by atomic mass is 32.1. The molecule has 23 heavy (non-hydrogen) atoms. The minimum atomic E-state index is -0.260. The predicted molar refractivity (Wildman–Crippen MR) is 98.5 cm³/mol. The van der Waals surface area contributed by atoms with Gasteiger partial charge < -0.3 is 15.4 Å². The molecule has 0 spiro atoms. The highest BCUT2D eigenvalue weighted by Crippen LogP contribution is 2.39. The molecule has 2 N–H and O–H groups in total. The van der Waals surface area contributed by atoms with Crippen LogP contribution in [0.5, 0.6) is 0 Å². The van der Waals surface area contributed by atoms with Crippen molar-refractivity contribution in [3.05, 3.63) is 16.0 Å². The molecule has 0 amide bonds. The molecule has 4 nitrogen and oxygen atoms in total. The van der Waals surface area contributed by atoms with E-state index in [4.69, 9.17) is 17.0 Å². The SMILES string of the molecule is COC(=O)c1c(NC(=S)NC2CCCCCC2)sc2c1CCC2. The molecule has 1 saturated carbocycles. The van der Waals surface area contributed by atoms with Crippen molar-refractivity contribution in [2.45, 2.75) is 63.8 Å². The van der Waals surface area contributed by atoms with Crippen LogP contribution >= 0.6 is 23.6 Å². The Bertz CT molecular complexity index is 590. The van der Waals surface area contributed by atoms with Crippen molar-refractivity contribution >= 4 is 39.6 Å². The van der Waals surface area contributed by atoms with Gasteiger partial charge in [0.2, 0.25) is 0 Å². The number of hydrogen-bond acceptors (Lipinski definition) is 4. The number of anilines is 1. The molecule has 126 valence electrons. The summed E-state index contributed by atoms with van der Waals surface area (Å²) >= 11 is 7.13. The van der Waals surface area contributed by atoms with Crippen LogP contribution in [0.2, 0.25) is 0 Å². The largest absolute Gasteiger partial charge is 0.465 e. The summed E-state index contributed by atoms with van der Waals surface area (Å²) < 4.78 is 4.97. The summed E-state index contributed by atoms with van der Waals surface area (Å²) in [5.41, 5.74) is 1.84. The zero-order chi connectivity index (χ0) is 16.2. The van der Waals surface area contributed by atoms with Crippen molar-refractivity contribution in [3.63, 3.8) is 0 Å². The monoisotopic (exact) mass is 352 g/mol. The summed E-state index contributed by atoms with van der Waals surface area (Å²) in [6.07, 6.45) is 10.7. The summed E-state index contributed by atoms with van der Waals surface area (Å²) in [7, 11) is 1.44. The van der Waals surface area contributed by atoms with Crippen LogP contribution in [0.15, 0.2) is 0 Å². The fraction of sp³-hybridized carbons (Fsp3) is 0.647. The third-order valence-corrected chi connectivity index (χ3v) is 6.16. The number of esters is 1. The molecule has 1 aromatic rings. The smallest absolute Gasteiger partial charge is 0.341 e. The molecular formula is C17H24N2O2S2. The fourth-order valence-corrected chi connectivity index (χ4v) is 5.17. The summed E-state index contributed by atoms with van der Waals surface area (Å²) in [6, 6.07) is 0.450. The van der Waals surface area contributed by atoms with E-state index in [2.05, 4.69) is 10.6 Å². The van der Waals surface area contributed by atoms with Gasteiger partial charge in [-0.2, -0.15) is 0 Å². The van der Waals surface area contributed by atoms with Gasteiger partial charge in [0.1, 0.15) is 5.00 Å². The lowest BCUT2D eigenvalue weighted by molar-refractivity contribution is 0.0601. The Morgan fingerprint density at radius 2 is 1.91 bits per heavy atom. The molecule has 6 heteroatoms. The van der Waals surface area contributed by atoms with Gasteiger partial charge in [0, 0.05) is 10.9 Å². The first-order valence-electron chi connectivity index (χ1n) is 8.49. The molecule has 1 fully saturated rings. The van der Waals surface area contributed by atoms with E-state index in [0.717, 1.165) is 29.8 Å². The molecule has 0 unspecified atom stereocenters. The first-order valence-corrected chi connectivity index (χ1v) is 9.72. The number of hydrogen-bond donors (Lipinski definition) is 2. The molecule has 0 bridgehead atoms. The molecule has 2 aliphatic carbocycles. The number of aryl methyl sites for hydroxylation is 1. The topological polar surface area (TPSA) is 50.4 Å². The Morgan fingerprint density at radius 3 is 2.61 bits per heavy atom. The maximum absolute atomic E-state index is 12.2. The van der Waals surface area contributed by atoms with Gasteiger partial charge in [0.25, 0.3) is 0 Å². The van der Waals surface area contributed by atoms with E-state index in [1.165, 1.54) is 50.5 Å². The zero-order valence-corrected chi connectivity index (χ0v) is 15.2. The standard InChI is InChI=1S/C17H24N2O2S2/c1-21-16(20)14-12-9-6-10-13(12)23-15(14)19-17(22)18-11-7-4-2-3-5-8-11/h11H,2-10H2,1H3,(H2,18,19,22). The lowest BCUT2D eigenvalue weighted by Crippen LogP contribution is -2.37. The maximum Gasteiger partial charge on any atom is 0.341 e. The number of carbonyl (C=O) groups is 1. The Kier molecular flexibility index (Phi) is 5.54. The highest BCUT2D eigenvalue weighted by molar-refractivity contribution is 7.80. The van der Waals surface area contributed by atoms with E-state index in [9.17, 15) is 4.79 Å². The second kappa shape index (κ2) is 7.62. The quantitative estimate of drug-likeness (QED) is 0.489. The summed E-state index contributed by atoms with van der Waals surface area (Å²) in [5.74, 6) is -0.260. The van der Waals surface area contributed by atoms with Crippen molar-refractivity contribution in [2.75, 3.05) is 12.4 Å². The number of fused-ring (bicyclic) bond motifs is 1. The average molecular weight is 353 g/mol. The number of nitrogens with one attached hydrogen (secondary N) is 2. The van der Waals surface area contributed by atoms with Crippen molar-refractivity contribution < 1.29 is 9.53 Å². The highest BCUT2D eigenvalue weighted by Gasteiger charge is 2.27. The van der Waals surface area contributed by atoms with Crippen LogP contribution in [-0.4, -0.2) is 24.2 Å². The Hall–Kier alpha value is -1.14. The minimum Gasteiger partial charge on any atom is -0.465 e. The fourth-order valence-electron chi connectivity index (χ4n) is 3.56. The molecule has 3 rings (SSSR count). The number of thiocarbonyl (C=S) groups is 1. The van der Waals surface area contributed by atoms with Crippen molar-refractivity contribution in [1.82, 2.24) is 5.32 Å². The summed E-state index contributed by atoms with van der Waals surface area (Å²) in [4.78, 5) is 13.4. The first kappa shape index (κ1) is 16.7. The number of ether oxygens (including phenoxy) is 1. The molecule has 2 aliphatic rings. The number of carbonyl (C=O) groups excluding carboxylic acids is 1. The van der Waals surface area contributed by atoms with Crippen LogP contribution in [-0.2, 0) is 17.6 Å². The Labute approximate surface area is 147 Å². The second-order valence-electron chi connectivity index (χ2n) is 6.34. The van der Waals surface area contributed by atoms with E-state index in [-0.39, 0.29) is 5.97 Å². The molecule has 0 atom stereocenters. The summed E-state index contributed by atoms with van der Waals surface area (Å²) in [5, 5.41) is 8.16. The lowest BCUT2D eigenvalue weighted by atomic mass is 10.1. The van der Waals surface area contributed by atoms with E-state index in [1.807, 2.05) is 0 Å². The zero-order valence-electron chi connectivity index (χ0n) is 13.6. The van der Waals surface area contributed by atoms with Gasteiger partial charge in [0.15, 0.2) is 5.11 Å². The van der Waals surface area contributed by atoms with Crippen LogP contribution < -0.4 is 10.6 Å². The second-order valence-corrected chi connectivity index (χ2v) is 7.85. The normalized spacial score (nSPS) is 18.1.